The van der Waals surface area contributed by atoms with Crippen LogP contribution in [0.3, 0.4) is 0 Å². The highest BCUT2D eigenvalue weighted by atomic mass is 16.3. The number of carbonyl (C=O) groups excluding carboxylic acids is 1. The van der Waals surface area contributed by atoms with Gasteiger partial charge in [0.15, 0.2) is 0 Å². The Labute approximate surface area is 147 Å². The van der Waals surface area contributed by atoms with Crippen molar-refractivity contribution in [1.29, 1.82) is 0 Å². The van der Waals surface area contributed by atoms with E-state index in [-0.39, 0.29) is 6.61 Å². The fourth-order valence-corrected chi connectivity index (χ4v) is 4.18. The minimum Gasteiger partial charge on any atom is -0.396 e. The molecule has 5 nitrogen and oxygen atoms in total. The lowest BCUT2D eigenvalue weighted by Gasteiger charge is -2.42. The predicted octanol–water partition coefficient (Wildman–Crippen LogP) is 1.56. The zero-order valence-corrected chi connectivity index (χ0v) is 15.2. The minimum atomic E-state index is 0.222. The maximum absolute atomic E-state index is 12.8. The van der Waals surface area contributed by atoms with Crippen LogP contribution in [0.25, 0.3) is 0 Å². The number of carbonyl (C=O) groups is 1. The van der Waals surface area contributed by atoms with Gasteiger partial charge in [-0.3, -0.25) is 14.6 Å². The number of aliphatic hydroxyl groups excluding tert-OH is 1. The largest absolute Gasteiger partial charge is 0.396 e. The summed E-state index contributed by atoms with van der Waals surface area (Å²) in [6.07, 6.45) is 9.95. The number of aliphatic hydroxyl groups is 1. The van der Waals surface area contributed by atoms with Crippen LogP contribution in [0.5, 0.6) is 0 Å². The first-order valence-electron chi connectivity index (χ1n) is 10.1. The lowest BCUT2D eigenvalue weighted by atomic mass is 10.1. The summed E-state index contributed by atoms with van der Waals surface area (Å²) >= 11 is 0. The topological polar surface area (TPSA) is 47.0 Å². The molecular formula is C19H35N3O2. The maximum atomic E-state index is 12.8. The van der Waals surface area contributed by atoms with Gasteiger partial charge >= 0.3 is 0 Å². The summed E-state index contributed by atoms with van der Waals surface area (Å²) in [5, 5.41) is 9.39. The third-order valence-electron chi connectivity index (χ3n) is 5.92. The Morgan fingerprint density at radius 2 is 1.67 bits per heavy atom. The van der Waals surface area contributed by atoms with Crippen LogP contribution >= 0.6 is 0 Å². The Kier molecular flexibility index (Phi) is 6.93. The molecule has 1 unspecified atom stereocenters. The smallest absolute Gasteiger partial charge is 0.236 e. The van der Waals surface area contributed by atoms with Crippen molar-refractivity contribution in [3.05, 3.63) is 0 Å². The van der Waals surface area contributed by atoms with Gasteiger partial charge in [-0.05, 0) is 51.1 Å². The van der Waals surface area contributed by atoms with Gasteiger partial charge in [-0.1, -0.05) is 19.3 Å². The molecule has 2 saturated heterocycles. The number of piperazine rings is 1. The maximum Gasteiger partial charge on any atom is 0.236 e. The van der Waals surface area contributed by atoms with E-state index in [1.807, 2.05) is 0 Å². The molecule has 0 aromatic heterocycles. The van der Waals surface area contributed by atoms with Crippen LogP contribution in [-0.4, -0.2) is 84.2 Å². The number of amides is 1. The molecule has 0 aromatic carbocycles. The second-order valence-electron chi connectivity index (χ2n) is 7.99. The van der Waals surface area contributed by atoms with Crippen molar-refractivity contribution in [2.24, 2.45) is 5.92 Å². The Hall–Kier alpha value is -0.650. The molecule has 1 atom stereocenters. The van der Waals surface area contributed by atoms with Crippen LogP contribution < -0.4 is 0 Å². The SMILES string of the molecule is O=C(CN1CCCCCCC1)N1CCN(CC2CC2)C(CCO)C1. The van der Waals surface area contributed by atoms with Gasteiger partial charge in [0, 0.05) is 38.8 Å². The summed E-state index contributed by atoms with van der Waals surface area (Å²) in [6.45, 7) is 6.78. The van der Waals surface area contributed by atoms with Crippen LogP contribution in [0.15, 0.2) is 0 Å². The first kappa shape index (κ1) is 18.2. The Morgan fingerprint density at radius 1 is 0.958 bits per heavy atom. The molecule has 2 aliphatic heterocycles. The molecule has 3 fully saturated rings. The number of hydrogen-bond donors (Lipinski definition) is 1. The summed E-state index contributed by atoms with van der Waals surface area (Å²) in [6, 6.07) is 0.348. The normalized spacial score (nSPS) is 27.7. The van der Waals surface area contributed by atoms with Gasteiger partial charge in [0.1, 0.15) is 0 Å². The van der Waals surface area contributed by atoms with Gasteiger partial charge in [0.25, 0.3) is 0 Å². The zero-order chi connectivity index (χ0) is 16.8. The van der Waals surface area contributed by atoms with Crippen LogP contribution in [-0.2, 0) is 4.79 Å². The van der Waals surface area contributed by atoms with Gasteiger partial charge in [-0.2, -0.15) is 0 Å². The summed E-state index contributed by atoms with van der Waals surface area (Å²) in [4.78, 5) is 19.7. The highest BCUT2D eigenvalue weighted by molar-refractivity contribution is 5.78. The first-order chi connectivity index (χ1) is 11.8. The fourth-order valence-electron chi connectivity index (χ4n) is 4.18. The highest BCUT2D eigenvalue weighted by Gasteiger charge is 2.33. The third-order valence-corrected chi connectivity index (χ3v) is 5.92. The van der Waals surface area contributed by atoms with Crippen molar-refractivity contribution < 1.29 is 9.90 Å². The quantitative estimate of drug-likeness (QED) is 0.799. The molecule has 5 heteroatoms. The van der Waals surface area contributed by atoms with Crippen LogP contribution in [0.2, 0.25) is 0 Å². The van der Waals surface area contributed by atoms with Gasteiger partial charge < -0.3 is 10.0 Å². The molecule has 0 aromatic rings. The summed E-state index contributed by atoms with van der Waals surface area (Å²) in [5.41, 5.74) is 0. The van der Waals surface area contributed by atoms with E-state index in [2.05, 4.69) is 14.7 Å². The molecule has 138 valence electrons. The van der Waals surface area contributed by atoms with E-state index in [0.717, 1.165) is 45.1 Å². The van der Waals surface area contributed by atoms with Crippen molar-refractivity contribution in [2.45, 2.75) is 57.4 Å². The van der Waals surface area contributed by atoms with Crippen molar-refractivity contribution in [1.82, 2.24) is 14.7 Å². The Balaban J connectivity index is 1.48. The van der Waals surface area contributed by atoms with Crippen molar-refractivity contribution >= 4 is 5.91 Å². The van der Waals surface area contributed by atoms with Gasteiger partial charge in [0.2, 0.25) is 5.91 Å². The molecule has 3 rings (SSSR count). The summed E-state index contributed by atoms with van der Waals surface area (Å²) in [5.74, 6) is 1.17. The molecule has 1 N–H and O–H groups in total. The van der Waals surface area contributed by atoms with E-state index in [1.165, 1.54) is 51.5 Å². The molecule has 3 aliphatic rings. The Bertz CT molecular complexity index is 392. The van der Waals surface area contributed by atoms with E-state index < -0.39 is 0 Å². The molecule has 1 amide bonds. The molecular weight excluding hydrogens is 302 g/mol. The predicted molar refractivity (Wildman–Crippen MR) is 95.9 cm³/mol. The second kappa shape index (κ2) is 9.16. The first-order valence-corrected chi connectivity index (χ1v) is 10.1. The van der Waals surface area contributed by atoms with E-state index in [4.69, 9.17) is 0 Å². The molecule has 24 heavy (non-hydrogen) atoms. The van der Waals surface area contributed by atoms with Crippen molar-refractivity contribution in [2.75, 3.05) is 52.4 Å². The zero-order valence-electron chi connectivity index (χ0n) is 15.2. The minimum absolute atomic E-state index is 0.222. The monoisotopic (exact) mass is 337 g/mol. The lowest BCUT2D eigenvalue weighted by Crippen LogP contribution is -2.56. The van der Waals surface area contributed by atoms with Gasteiger partial charge in [-0.25, -0.2) is 0 Å². The molecule has 0 bridgehead atoms. The van der Waals surface area contributed by atoms with Crippen molar-refractivity contribution in [3.63, 3.8) is 0 Å². The number of hydrogen-bond acceptors (Lipinski definition) is 4. The summed E-state index contributed by atoms with van der Waals surface area (Å²) in [7, 11) is 0. The van der Waals surface area contributed by atoms with Crippen LogP contribution in [0.1, 0.15) is 51.4 Å². The van der Waals surface area contributed by atoms with Crippen molar-refractivity contribution in [3.8, 4) is 0 Å². The molecule has 0 spiro atoms. The van der Waals surface area contributed by atoms with E-state index in [1.54, 1.807) is 0 Å². The van der Waals surface area contributed by atoms with Crippen LogP contribution in [0.4, 0.5) is 0 Å². The van der Waals surface area contributed by atoms with Crippen LogP contribution in [0, 0.1) is 5.92 Å². The van der Waals surface area contributed by atoms with Gasteiger partial charge in [0.05, 0.1) is 6.54 Å². The standard InChI is InChI=1S/C19H35N3O2/c23-13-8-18-15-22(12-11-21(18)14-17-6-7-17)19(24)16-20-9-4-2-1-3-5-10-20/h17-18,23H,1-16H2. The third kappa shape index (κ3) is 5.43. The number of nitrogens with zero attached hydrogens (tertiary/aromatic N) is 3. The van der Waals surface area contributed by atoms with Gasteiger partial charge in [-0.15, -0.1) is 0 Å². The second-order valence-corrected chi connectivity index (χ2v) is 7.99. The summed E-state index contributed by atoms with van der Waals surface area (Å²) < 4.78 is 0. The average Bonchev–Trinajstić information content (AvgIpc) is 3.35. The number of likely N-dealkylation sites (tertiary alicyclic amines) is 1. The average molecular weight is 338 g/mol. The van der Waals surface area contributed by atoms with E-state index >= 15 is 0 Å². The molecule has 1 aliphatic carbocycles. The molecule has 1 saturated carbocycles. The fraction of sp³-hybridized carbons (Fsp3) is 0.947. The van der Waals surface area contributed by atoms with E-state index in [9.17, 15) is 9.90 Å². The Morgan fingerprint density at radius 3 is 2.33 bits per heavy atom. The molecule has 2 heterocycles. The lowest BCUT2D eigenvalue weighted by molar-refractivity contribution is -0.135. The highest BCUT2D eigenvalue weighted by Crippen LogP contribution is 2.31. The molecule has 0 radical (unpaired) electrons. The van der Waals surface area contributed by atoms with E-state index in [0.29, 0.717) is 18.5 Å². The number of rotatable bonds is 6.